The number of aromatic nitrogens is 2. The van der Waals surface area contributed by atoms with Crippen LogP contribution < -0.4 is 19.5 Å². The number of benzene rings is 3. The molecule has 0 bridgehead atoms. The molecule has 0 aliphatic heterocycles. The van der Waals surface area contributed by atoms with E-state index in [1.54, 1.807) is 22.9 Å². The summed E-state index contributed by atoms with van der Waals surface area (Å²) in [5.41, 5.74) is 2.62. The van der Waals surface area contributed by atoms with Gasteiger partial charge in [-0.05, 0) is 99.6 Å². The first-order valence-electron chi connectivity index (χ1n) is 15.5. The maximum absolute atomic E-state index is 13.5. The van der Waals surface area contributed by atoms with Crippen molar-refractivity contribution in [1.82, 2.24) is 14.7 Å². The Labute approximate surface area is 265 Å². The summed E-state index contributed by atoms with van der Waals surface area (Å²) >= 11 is 5.97. The fraction of sp³-hybridized carbons (Fsp3) is 0.371. The maximum atomic E-state index is 13.5. The predicted octanol–water partition coefficient (Wildman–Crippen LogP) is 8.56. The molecule has 4 rings (SSSR count). The number of anilines is 1. The summed E-state index contributed by atoms with van der Waals surface area (Å²) in [6.45, 7) is 13.2. The van der Waals surface area contributed by atoms with Gasteiger partial charge in [0.1, 0.15) is 28.7 Å². The molecule has 0 aliphatic carbocycles. The van der Waals surface area contributed by atoms with Gasteiger partial charge in [-0.1, -0.05) is 38.8 Å². The highest BCUT2D eigenvalue weighted by Gasteiger charge is 2.18. The molecule has 8 nitrogen and oxygen atoms in total. The predicted molar refractivity (Wildman–Crippen MR) is 178 cm³/mol. The van der Waals surface area contributed by atoms with E-state index in [1.165, 1.54) is 0 Å². The van der Waals surface area contributed by atoms with Crippen LogP contribution in [0.1, 0.15) is 57.4 Å². The summed E-state index contributed by atoms with van der Waals surface area (Å²) in [5.74, 6) is 2.44. The molecule has 234 valence electrons. The van der Waals surface area contributed by atoms with Crippen LogP contribution in [0.2, 0.25) is 5.02 Å². The van der Waals surface area contributed by atoms with Crippen molar-refractivity contribution in [3.8, 4) is 34.3 Å². The SMILES string of the molecule is CCCCOc1cc(OCCCN(CC)CC)ccc1NC(=O)c1cc(-c2ccc(Oc3ccc(Cl)cc3)cc2)nn1CC. The number of rotatable bonds is 17. The number of nitrogens with zero attached hydrogens (tertiary/aromatic N) is 3. The molecule has 3 aromatic carbocycles. The van der Waals surface area contributed by atoms with Gasteiger partial charge in [0.05, 0.1) is 24.6 Å². The van der Waals surface area contributed by atoms with Crippen molar-refractivity contribution in [1.29, 1.82) is 0 Å². The van der Waals surface area contributed by atoms with E-state index in [9.17, 15) is 4.79 Å². The lowest BCUT2D eigenvalue weighted by Gasteiger charge is -2.18. The fourth-order valence-electron chi connectivity index (χ4n) is 4.66. The highest BCUT2D eigenvalue weighted by atomic mass is 35.5. The fourth-order valence-corrected chi connectivity index (χ4v) is 4.79. The van der Waals surface area contributed by atoms with Crippen molar-refractivity contribution in [2.45, 2.75) is 53.5 Å². The molecular weight excluding hydrogens is 576 g/mol. The number of ether oxygens (including phenoxy) is 3. The van der Waals surface area contributed by atoms with Gasteiger partial charge in [0.15, 0.2) is 0 Å². The van der Waals surface area contributed by atoms with Crippen LogP contribution in [0.3, 0.4) is 0 Å². The number of aryl methyl sites for hydroxylation is 1. The number of amides is 1. The van der Waals surface area contributed by atoms with Crippen LogP contribution in [0, 0.1) is 0 Å². The quantitative estimate of drug-likeness (QED) is 0.119. The molecule has 0 saturated heterocycles. The Balaban J connectivity index is 1.45. The molecule has 9 heteroatoms. The summed E-state index contributed by atoms with van der Waals surface area (Å²) in [6.07, 6.45) is 2.86. The smallest absolute Gasteiger partial charge is 0.274 e. The van der Waals surface area contributed by atoms with Crippen LogP contribution in [0.4, 0.5) is 5.69 Å². The number of carbonyl (C=O) groups is 1. The Morgan fingerprint density at radius 3 is 2.16 bits per heavy atom. The Hall–Kier alpha value is -4.01. The van der Waals surface area contributed by atoms with E-state index < -0.39 is 0 Å². The van der Waals surface area contributed by atoms with Crippen LogP contribution in [-0.4, -0.2) is 53.4 Å². The standard InChI is InChI=1S/C35H43ClN4O4/c1-5-9-22-43-34-24-30(42-23-10-21-39(6-2)7-3)19-20-31(34)37-35(41)33-25-32(38-40(33)8-4)26-11-15-28(16-12-26)44-29-17-13-27(36)14-18-29/h11-20,24-25H,5-10,21-23H2,1-4H3,(H,37,41). The van der Waals surface area contributed by atoms with Gasteiger partial charge in [-0.15, -0.1) is 0 Å². The lowest BCUT2D eigenvalue weighted by Crippen LogP contribution is -2.25. The van der Waals surface area contributed by atoms with E-state index in [4.69, 9.17) is 30.9 Å². The summed E-state index contributed by atoms with van der Waals surface area (Å²) in [4.78, 5) is 15.9. The Morgan fingerprint density at radius 1 is 0.841 bits per heavy atom. The Morgan fingerprint density at radius 2 is 1.50 bits per heavy atom. The average molecular weight is 619 g/mol. The van der Waals surface area contributed by atoms with E-state index in [0.717, 1.165) is 50.2 Å². The van der Waals surface area contributed by atoms with Gasteiger partial charge < -0.3 is 24.4 Å². The number of nitrogens with one attached hydrogen (secondary N) is 1. The third-order valence-electron chi connectivity index (χ3n) is 7.25. The molecule has 1 N–H and O–H groups in total. The molecule has 0 saturated carbocycles. The minimum Gasteiger partial charge on any atom is -0.493 e. The largest absolute Gasteiger partial charge is 0.493 e. The zero-order chi connectivity index (χ0) is 31.3. The van der Waals surface area contributed by atoms with E-state index in [-0.39, 0.29) is 5.91 Å². The molecule has 0 unspecified atom stereocenters. The normalized spacial score (nSPS) is 11.0. The first-order valence-corrected chi connectivity index (χ1v) is 15.9. The van der Waals surface area contributed by atoms with E-state index in [1.807, 2.05) is 61.5 Å². The third kappa shape index (κ3) is 9.24. The number of halogens is 1. The summed E-state index contributed by atoms with van der Waals surface area (Å²) in [5, 5.41) is 8.39. The lowest BCUT2D eigenvalue weighted by molar-refractivity contribution is 0.101. The van der Waals surface area contributed by atoms with Gasteiger partial charge in [0, 0.05) is 29.7 Å². The summed E-state index contributed by atoms with van der Waals surface area (Å²) in [6, 6.07) is 22.2. The molecule has 0 aliphatic rings. The lowest BCUT2D eigenvalue weighted by atomic mass is 10.1. The average Bonchev–Trinajstić information content (AvgIpc) is 3.49. The second-order valence-electron chi connectivity index (χ2n) is 10.4. The topological polar surface area (TPSA) is 77.8 Å². The molecule has 0 radical (unpaired) electrons. The number of hydrogen-bond acceptors (Lipinski definition) is 6. The van der Waals surface area contributed by atoms with Crippen LogP contribution in [0.25, 0.3) is 11.3 Å². The van der Waals surface area contributed by atoms with Crippen LogP contribution in [-0.2, 0) is 6.54 Å². The number of unbranched alkanes of at least 4 members (excludes halogenated alkanes) is 1. The van der Waals surface area contributed by atoms with Crippen LogP contribution in [0.15, 0.2) is 72.8 Å². The molecule has 1 amide bonds. The molecule has 44 heavy (non-hydrogen) atoms. The molecule has 1 heterocycles. The van der Waals surface area contributed by atoms with Gasteiger partial charge in [-0.3, -0.25) is 9.48 Å². The Kier molecular flexibility index (Phi) is 12.5. The highest BCUT2D eigenvalue weighted by molar-refractivity contribution is 6.30. The van der Waals surface area contributed by atoms with Gasteiger partial charge in [0.25, 0.3) is 5.91 Å². The molecule has 0 spiro atoms. The Bertz CT molecular complexity index is 1470. The number of hydrogen-bond donors (Lipinski definition) is 1. The van der Waals surface area contributed by atoms with Crippen LogP contribution >= 0.6 is 11.6 Å². The highest BCUT2D eigenvalue weighted by Crippen LogP contribution is 2.31. The zero-order valence-electron chi connectivity index (χ0n) is 26.1. The zero-order valence-corrected chi connectivity index (χ0v) is 26.9. The van der Waals surface area contributed by atoms with Crippen molar-refractivity contribution >= 4 is 23.2 Å². The molecule has 1 aromatic heterocycles. The van der Waals surface area contributed by atoms with Crippen molar-refractivity contribution in [2.75, 3.05) is 38.2 Å². The van der Waals surface area contributed by atoms with Crippen molar-refractivity contribution < 1.29 is 19.0 Å². The minimum atomic E-state index is -0.262. The number of carbonyl (C=O) groups excluding carboxylic acids is 1. The van der Waals surface area contributed by atoms with E-state index >= 15 is 0 Å². The van der Waals surface area contributed by atoms with Gasteiger partial charge in [-0.2, -0.15) is 5.10 Å². The van der Waals surface area contributed by atoms with Crippen LogP contribution in [0.5, 0.6) is 23.0 Å². The second-order valence-corrected chi connectivity index (χ2v) is 10.8. The van der Waals surface area contributed by atoms with E-state index in [0.29, 0.717) is 59.1 Å². The summed E-state index contributed by atoms with van der Waals surface area (Å²) < 4.78 is 19.7. The summed E-state index contributed by atoms with van der Waals surface area (Å²) in [7, 11) is 0. The third-order valence-corrected chi connectivity index (χ3v) is 7.50. The van der Waals surface area contributed by atoms with Gasteiger partial charge >= 0.3 is 0 Å². The monoisotopic (exact) mass is 618 g/mol. The van der Waals surface area contributed by atoms with Gasteiger partial charge in [0.2, 0.25) is 0 Å². The molecule has 0 atom stereocenters. The first kappa shape index (κ1) is 32.9. The van der Waals surface area contributed by atoms with Crippen molar-refractivity contribution in [2.24, 2.45) is 0 Å². The molecular formula is C35H43ClN4O4. The second kappa shape index (κ2) is 16.7. The molecule has 0 fully saturated rings. The van der Waals surface area contributed by atoms with E-state index in [2.05, 4.69) is 31.0 Å². The van der Waals surface area contributed by atoms with Crippen molar-refractivity contribution in [3.63, 3.8) is 0 Å². The first-order chi connectivity index (χ1) is 21.4. The molecule has 4 aromatic rings. The maximum Gasteiger partial charge on any atom is 0.274 e. The van der Waals surface area contributed by atoms with Crippen molar-refractivity contribution in [3.05, 3.63) is 83.5 Å². The minimum absolute atomic E-state index is 0.262. The van der Waals surface area contributed by atoms with Gasteiger partial charge in [-0.25, -0.2) is 0 Å².